The van der Waals surface area contributed by atoms with Crippen LogP contribution < -0.4 is 0 Å². The van der Waals surface area contributed by atoms with E-state index in [1.54, 1.807) is 0 Å². The van der Waals surface area contributed by atoms with Gasteiger partial charge in [-0.15, -0.1) is 0 Å². The van der Waals surface area contributed by atoms with E-state index in [-0.39, 0.29) is 6.10 Å². The van der Waals surface area contributed by atoms with Crippen molar-refractivity contribution in [2.24, 2.45) is 0 Å². The van der Waals surface area contributed by atoms with Crippen molar-refractivity contribution in [1.29, 1.82) is 0 Å². The largest absolute Gasteiger partial charge is 0.368 e. The predicted octanol–water partition coefficient (Wildman–Crippen LogP) is 25.8. The average molecular weight is 1150 g/mol. The highest BCUT2D eigenvalue weighted by Crippen LogP contribution is 2.28. The zero-order valence-corrected chi connectivity index (χ0v) is 56.9. The summed E-state index contributed by atoms with van der Waals surface area (Å²) in [5.74, 6) is -1.20. The molecule has 0 radical (unpaired) electrons. The lowest BCUT2D eigenvalue weighted by Gasteiger charge is -2.40. The standard InChI is InChI=1S/C77H149NO4/c1-7-11-15-19-23-27-31-35-39-43-47-51-55-59-63-67-71-79-76(75-78(5)6)77(80-72-68-64-60-56-52-48-44-40-36-32-28-24-20-16-12-8-2,81-73-69-65-61-57-53-49-45-41-37-33-29-25-21-17-13-9-3)82-74-70-66-62-58-54-50-46-42-38-34-30-26-22-18-14-10-4/h35-42,76H,7-34,43-75H2,1-6H3/b39-35-,40-36-,41-37-,42-38-. The molecular weight excluding hydrogens is 1000 g/mol. The average Bonchev–Trinajstić information content (AvgIpc) is 3.59. The van der Waals surface area contributed by atoms with Crippen molar-refractivity contribution in [1.82, 2.24) is 4.90 Å². The van der Waals surface area contributed by atoms with Crippen LogP contribution in [0.4, 0.5) is 0 Å². The van der Waals surface area contributed by atoms with Crippen LogP contribution in [0.15, 0.2) is 48.6 Å². The molecule has 0 aromatic rings. The van der Waals surface area contributed by atoms with Crippen molar-refractivity contribution in [2.45, 2.75) is 399 Å². The summed E-state index contributed by atoms with van der Waals surface area (Å²) in [6.45, 7) is 12.6. The van der Waals surface area contributed by atoms with Crippen molar-refractivity contribution < 1.29 is 18.9 Å². The predicted molar refractivity (Wildman–Crippen MR) is 367 cm³/mol. The molecule has 82 heavy (non-hydrogen) atoms. The summed E-state index contributed by atoms with van der Waals surface area (Å²) in [7, 11) is 4.32. The normalized spacial score (nSPS) is 12.9. The first-order valence-electron chi connectivity index (χ1n) is 37.3. The molecule has 0 aromatic heterocycles. The van der Waals surface area contributed by atoms with Gasteiger partial charge >= 0.3 is 5.97 Å². The van der Waals surface area contributed by atoms with Crippen molar-refractivity contribution in [3.8, 4) is 0 Å². The number of likely N-dealkylation sites (N-methyl/N-ethyl adjacent to an activating group) is 1. The van der Waals surface area contributed by atoms with Gasteiger partial charge in [0.15, 0.2) is 6.10 Å². The molecule has 0 aliphatic rings. The van der Waals surface area contributed by atoms with Gasteiger partial charge in [0.1, 0.15) is 0 Å². The third-order valence-electron chi connectivity index (χ3n) is 16.8. The lowest BCUT2D eigenvalue weighted by atomic mass is 10.1. The highest BCUT2D eigenvalue weighted by atomic mass is 16.9. The minimum absolute atomic E-state index is 0.317. The molecule has 486 valence electrons. The highest BCUT2D eigenvalue weighted by molar-refractivity contribution is 4.84. The van der Waals surface area contributed by atoms with E-state index in [1.807, 2.05) is 0 Å². The van der Waals surface area contributed by atoms with Gasteiger partial charge in [-0.2, -0.15) is 0 Å². The van der Waals surface area contributed by atoms with Crippen LogP contribution in [0.5, 0.6) is 0 Å². The molecule has 5 nitrogen and oxygen atoms in total. The fourth-order valence-corrected chi connectivity index (χ4v) is 11.3. The lowest BCUT2D eigenvalue weighted by molar-refractivity contribution is -0.418. The second-order valence-corrected chi connectivity index (χ2v) is 25.5. The van der Waals surface area contributed by atoms with E-state index in [1.165, 1.54) is 334 Å². The quantitative estimate of drug-likeness (QED) is 0.0345. The number of ether oxygens (including phenoxy) is 4. The number of rotatable bonds is 71. The zero-order valence-electron chi connectivity index (χ0n) is 56.9. The number of unbranched alkanes of at least 4 members (excludes halogenated alkanes) is 48. The van der Waals surface area contributed by atoms with Crippen LogP contribution in [0.2, 0.25) is 0 Å². The summed E-state index contributed by atoms with van der Waals surface area (Å²) in [5.41, 5.74) is 0. The molecule has 1 unspecified atom stereocenters. The van der Waals surface area contributed by atoms with Crippen LogP contribution in [0.25, 0.3) is 0 Å². The summed E-state index contributed by atoms with van der Waals surface area (Å²) in [6, 6.07) is 0. The maximum atomic E-state index is 7.03. The smallest absolute Gasteiger partial charge is 0.312 e. The minimum Gasteiger partial charge on any atom is -0.368 e. The molecule has 0 amide bonds. The molecule has 0 spiro atoms. The lowest BCUT2D eigenvalue weighted by Crippen LogP contribution is -2.55. The molecule has 0 aliphatic heterocycles. The van der Waals surface area contributed by atoms with Gasteiger partial charge in [0.2, 0.25) is 0 Å². The Kier molecular flexibility index (Phi) is 69.5. The van der Waals surface area contributed by atoms with Crippen molar-refractivity contribution in [3.05, 3.63) is 48.6 Å². The summed E-state index contributed by atoms with van der Waals surface area (Å²) < 4.78 is 28.0. The van der Waals surface area contributed by atoms with Gasteiger partial charge in [-0.05, 0) is 143 Å². The maximum Gasteiger partial charge on any atom is 0.312 e. The van der Waals surface area contributed by atoms with Crippen LogP contribution in [0.3, 0.4) is 0 Å². The number of hydrogen-bond acceptors (Lipinski definition) is 5. The third kappa shape index (κ3) is 61.8. The molecule has 0 N–H and O–H groups in total. The zero-order chi connectivity index (χ0) is 59.3. The molecule has 5 heteroatoms. The van der Waals surface area contributed by atoms with Gasteiger partial charge in [-0.25, -0.2) is 0 Å². The van der Waals surface area contributed by atoms with Gasteiger partial charge in [0.05, 0.1) is 19.8 Å². The van der Waals surface area contributed by atoms with Gasteiger partial charge in [-0.3, -0.25) is 0 Å². The molecular formula is C77H149NO4. The van der Waals surface area contributed by atoms with Gasteiger partial charge in [0.25, 0.3) is 0 Å². The van der Waals surface area contributed by atoms with Crippen LogP contribution >= 0.6 is 0 Å². The Hall–Kier alpha value is -1.24. The Morgan fingerprint density at radius 2 is 0.427 bits per heavy atom. The third-order valence-corrected chi connectivity index (χ3v) is 16.8. The second kappa shape index (κ2) is 70.5. The van der Waals surface area contributed by atoms with E-state index < -0.39 is 5.97 Å². The van der Waals surface area contributed by atoms with Crippen LogP contribution in [-0.4, -0.2) is 64.0 Å². The van der Waals surface area contributed by atoms with E-state index in [0.717, 1.165) is 25.7 Å². The first-order chi connectivity index (χ1) is 40.6. The number of allylic oxidation sites excluding steroid dienone is 8. The maximum absolute atomic E-state index is 7.03. The Bertz CT molecular complexity index is 1180. The van der Waals surface area contributed by atoms with Crippen molar-refractivity contribution >= 4 is 0 Å². The number of hydrogen-bond donors (Lipinski definition) is 0. The van der Waals surface area contributed by atoms with E-state index >= 15 is 0 Å². The summed E-state index contributed by atoms with van der Waals surface area (Å²) in [4.78, 5) is 2.25. The molecule has 0 heterocycles. The summed E-state index contributed by atoms with van der Waals surface area (Å²) in [5, 5.41) is 0. The molecule has 0 aliphatic carbocycles. The van der Waals surface area contributed by atoms with Crippen LogP contribution in [-0.2, 0) is 18.9 Å². The van der Waals surface area contributed by atoms with Gasteiger partial charge < -0.3 is 23.8 Å². The Morgan fingerprint density at radius 1 is 0.244 bits per heavy atom. The Balaban J connectivity index is 5.51. The van der Waals surface area contributed by atoms with Crippen molar-refractivity contribution in [2.75, 3.05) is 47.1 Å². The molecule has 0 aromatic carbocycles. The molecule has 0 fully saturated rings. The first-order valence-corrected chi connectivity index (χ1v) is 37.3. The van der Waals surface area contributed by atoms with E-state index in [2.05, 4.69) is 95.3 Å². The summed E-state index contributed by atoms with van der Waals surface area (Å²) >= 11 is 0. The highest BCUT2D eigenvalue weighted by Gasteiger charge is 2.44. The Labute approximate surface area is 516 Å². The van der Waals surface area contributed by atoms with Crippen molar-refractivity contribution in [3.63, 3.8) is 0 Å². The topological polar surface area (TPSA) is 40.2 Å². The minimum atomic E-state index is -1.20. The van der Waals surface area contributed by atoms with E-state index in [9.17, 15) is 0 Å². The monoisotopic (exact) mass is 1150 g/mol. The van der Waals surface area contributed by atoms with Crippen LogP contribution in [0, 0.1) is 0 Å². The molecule has 0 saturated carbocycles. The molecule has 0 bridgehead atoms. The fraction of sp³-hybridized carbons (Fsp3) is 0.896. The van der Waals surface area contributed by atoms with Gasteiger partial charge in [-0.1, -0.05) is 307 Å². The van der Waals surface area contributed by atoms with Crippen LogP contribution in [0.1, 0.15) is 387 Å². The van der Waals surface area contributed by atoms with E-state index in [0.29, 0.717) is 33.0 Å². The molecule has 1 atom stereocenters. The second-order valence-electron chi connectivity index (χ2n) is 25.5. The fourth-order valence-electron chi connectivity index (χ4n) is 11.3. The van der Waals surface area contributed by atoms with Gasteiger partial charge in [0, 0.05) is 13.2 Å². The summed E-state index contributed by atoms with van der Waals surface area (Å²) in [6.07, 6.45) is 92.1. The first kappa shape index (κ1) is 80.8. The number of nitrogens with zero attached hydrogens (tertiary/aromatic N) is 1. The molecule has 0 rings (SSSR count). The molecule has 0 saturated heterocycles. The SMILES string of the molecule is CCCCCCCC/C=C\CCCCCCCCOC(CN(C)C)C(OCCCCCCCC/C=C\CCCCCCCC)(OCCCCCCCC/C=C\CCCCCCCC)OCCCCCCCC/C=C\CCCCCCCC. The van der Waals surface area contributed by atoms with E-state index in [4.69, 9.17) is 18.9 Å². The Morgan fingerprint density at radius 3 is 0.634 bits per heavy atom.